The van der Waals surface area contributed by atoms with Crippen LogP contribution < -0.4 is 10.1 Å². The molecule has 0 saturated heterocycles. The lowest BCUT2D eigenvalue weighted by atomic mass is 10.3. The summed E-state index contributed by atoms with van der Waals surface area (Å²) in [4.78, 5) is 26.2. The lowest BCUT2D eigenvalue weighted by Crippen LogP contribution is -2.40. The molecule has 0 spiro atoms. The largest absolute Gasteiger partial charge is 0.481 e. The van der Waals surface area contributed by atoms with Gasteiger partial charge in [-0.1, -0.05) is 30.3 Å². The van der Waals surface area contributed by atoms with Crippen molar-refractivity contribution >= 4 is 17.5 Å². The van der Waals surface area contributed by atoms with Crippen LogP contribution in [0, 0.1) is 5.82 Å². The summed E-state index contributed by atoms with van der Waals surface area (Å²) in [6.45, 7) is -0.510. The number of carbonyl (C=O) groups is 2. The summed E-state index contributed by atoms with van der Waals surface area (Å²) < 4.78 is 24.2. The van der Waals surface area contributed by atoms with Crippen LogP contribution in [-0.4, -0.2) is 29.9 Å². The third kappa shape index (κ3) is 5.44. The van der Waals surface area contributed by atoms with Gasteiger partial charge in [-0.2, -0.15) is 0 Å². The van der Waals surface area contributed by atoms with Crippen molar-refractivity contribution in [1.82, 2.24) is 4.90 Å². The van der Waals surface area contributed by atoms with Gasteiger partial charge in [-0.15, -0.1) is 0 Å². The molecule has 0 aliphatic rings. The first-order chi connectivity index (χ1) is 13.6. The topological polar surface area (TPSA) is 71.8 Å². The van der Waals surface area contributed by atoms with Crippen LogP contribution in [0.4, 0.5) is 10.1 Å². The molecule has 2 amide bonds. The summed E-state index contributed by atoms with van der Waals surface area (Å²) in [6, 6.07) is 18.1. The highest BCUT2D eigenvalue weighted by molar-refractivity contribution is 5.94. The van der Waals surface area contributed by atoms with Crippen LogP contribution >= 0.6 is 0 Å². The molecule has 2 aromatic carbocycles. The standard InChI is InChI=1S/C21H19FN2O4/c22-18-10-4-5-11-19(18)28-15-21(26)24(13-17-9-6-12-27-17)14-20(25)23-16-7-2-1-3-8-16/h1-12H,13-15H2,(H,23,25). The fraction of sp³-hybridized carbons (Fsp3) is 0.143. The molecule has 0 aliphatic heterocycles. The van der Waals surface area contributed by atoms with Crippen molar-refractivity contribution in [2.75, 3.05) is 18.5 Å². The molecule has 144 valence electrons. The first kappa shape index (κ1) is 19.2. The Kier molecular flexibility index (Phi) is 6.41. The number of amides is 2. The van der Waals surface area contributed by atoms with E-state index in [1.807, 2.05) is 6.07 Å². The zero-order valence-electron chi connectivity index (χ0n) is 15.0. The maximum absolute atomic E-state index is 13.7. The van der Waals surface area contributed by atoms with Crippen LogP contribution in [0.1, 0.15) is 5.76 Å². The minimum atomic E-state index is -0.560. The number of nitrogens with zero attached hydrogens (tertiary/aromatic N) is 1. The van der Waals surface area contributed by atoms with E-state index < -0.39 is 18.3 Å². The van der Waals surface area contributed by atoms with Crippen LogP contribution in [0.15, 0.2) is 77.4 Å². The summed E-state index contributed by atoms with van der Waals surface area (Å²) in [7, 11) is 0. The van der Waals surface area contributed by atoms with Gasteiger partial charge in [0.25, 0.3) is 5.91 Å². The molecule has 0 aliphatic carbocycles. The van der Waals surface area contributed by atoms with Gasteiger partial charge in [-0.25, -0.2) is 4.39 Å². The van der Waals surface area contributed by atoms with Crippen molar-refractivity contribution in [3.63, 3.8) is 0 Å². The lowest BCUT2D eigenvalue weighted by Gasteiger charge is -2.21. The van der Waals surface area contributed by atoms with E-state index in [9.17, 15) is 14.0 Å². The fourth-order valence-electron chi connectivity index (χ4n) is 2.51. The second-order valence-electron chi connectivity index (χ2n) is 5.96. The van der Waals surface area contributed by atoms with Crippen molar-refractivity contribution in [3.05, 3.63) is 84.6 Å². The number of nitrogens with one attached hydrogen (secondary N) is 1. The van der Waals surface area contributed by atoms with E-state index in [0.29, 0.717) is 11.4 Å². The number of hydrogen-bond acceptors (Lipinski definition) is 4. The van der Waals surface area contributed by atoms with E-state index in [2.05, 4.69) is 5.32 Å². The quantitative estimate of drug-likeness (QED) is 0.648. The number of para-hydroxylation sites is 2. The minimum Gasteiger partial charge on any atom is -0.481 e. The van der Waals surface area contributed by atoms with Gasteiger partial charge in [0, 0.05) is 5.69 Å². The Labute approximate surface area is 161 Å². The van der Waals surface area contributed by atoms with E-state index in [4.69, 9.17) is 9.15 Å². The molecule has 0 atom stereocenters. The molecule has 0 unspecified atom stereocenters. The maximum Gasteiger partial charge on any atom is 0.261 e. The molecular formula is C21H19FN2O4. The van der Waals surface area contributed by atoms with Crippen LogP contribution in [0.3, 0.4) is 0 Å². The second kappa shape index (κ2) is 9.36. The number of ether oxygens (including phenoxy) is 1. The van der Waals surface area contributed by atoms with Gasteiger partial charge in [0.15, 0.2) is 18.2 Å². The number of halogens is 1. The molecule has 6 nitrogen and oxygen atoms in total. The number of furan rings is 1. The molecule has 28 heavy (non-hydrogen) atoms. The van der Waals surface area contributed by atoms with Crippen LogP contribution in [0.5, 0.6) is 5.75 Å². The van der Waals surface area contributed by atoms with Gasteiger partial charge >= 0.3 is 0 Å². The molecule has 0 fully saturated rings. The number of rotatable bonds is 8. The Balaban J connectivity index is 1.64. The molecule has 0 bridgehead atoms. The van der Waals surface area contributed by atoms with E-state index in [1.54, 1.807) is 42.5 Å². The molecule has 1 aromatic heterocycles. The second-order valence-corrected chi connectivity index (χ2v) is 5.96. The Morgan fingerprint density at radius 1 is 1.00 bits per heavy atom. The molecule has 1 heterocycles. The summed E-state index contributed by atoms with van der Waals surface area (Å²) in [5, 5.41) is 2.73. The van der Waals surface area contributed by atoms with Crippen LogP contribution in [0.2, 0.25) is 0 Å². The number of benzene rings is 2. The highest BCUT2D eigenvalue weighted by Gasteiger charge is 2.20. The number of carbonyl (C=O) groups excluding carboxylic acids is 2. The number of anilines is 1. The molecule has 3 aromatic rings. The Morgan fingerprint density at radius 2 is 1.75 bits per heavy atom. The molecular weight excluding hydrogens is 363 g/mol. The highest BCUT2D eigenvalue weighted by Crippen LogP contribution is 2.16. The van der Waals surface area contributed by atoms with Crippen LogP contribution in [-0.2, 0) is 16.1 Å². The van der Waals surface area contributed by atoms with Gasteiger partial charge in [-0.3, -0.25) is 9.59 Å². The van der Waals surface area contributed by atoms with Crippen molar-refractivity contribution in [3.8, 4) is 5.75 Å². The smallest absolute Gasteiger partial charge is 0.261 e. The molecule has 3 rings (SSSR count). The zero-order chi connectivity index (χ0) is 19.8. The van der Waals surface area contributed by atoms with Crippen molar-refractivity contribution in [1.29, 1.82) is 0 Å². The highest BCUT2D eigenvalue weighted by atomic mass is 19.1. The van der Waals surface area contributed by atoms with Crippen LogP contribution in [0.25, 0.3) is 0 Å². The zero-order valence-corrected chi connectivity index (χ0v) is 15.0. The van der Waals surface area contributed by atoms with Gasteiger partial charge in [0.2, 0.25) is 5.91 Å². The SMILES string of the molecule is O=C(CN(Cc1ccco1)C(=O)COc1ccccc1F)Nc1ccccc1. The first-order valence-corrected chi connectivity index (χ1v) is 8.64. The van der Waals surface area contributed by atoms with Gasteiger partial charge in [0.05, 0.1) is 12.8 Å². The van der Waals surface area contributed by atoms with E-state index in [1.165, 1.54) is 29.4 Å². The third-order valence-electron chi connectivity index (χ3n) is 3.86. The Bertz CT molecular complexity index is 913. The fourth-order valence-corrected chi connectivity index (χ4v) is 2.51. The first-order valence-electron chi connectivity index (χ1n) is 8.64. The molecule has 0 saturated carbocycles. The average molecular weight is 382 g/mol. The molecule has 7 heteroatoms. The monoisotopic (exact) mass is 382 g/mol. The predicted molar refractivity (Wildman–Crippen MR) is 101 cm³/mol. The van der Waals surface area contributed by atoms with Gasteiger partial charge < -0.3 is 19.4 Å². The van der Waals surface area contributed by atoms with Gasteiger partial charge in [0.1, 0.15) is 12.3 Å². The Morgan fingerprint density at radius 3 is 2.46 bits per heavy atom. The predicted octanol–water partition coefficient (Wildman–Crippen LogP) is 3.47. The van der Waals surface area contributed by atoms with Gasteiger partial charge in [-0.05, 0) is 36.4 Å². The Hall–Kier alpha value is -3.61. The third-order valence-corrected chi connectivity index (χ3v) is 3.86. The van der Waals surface area contributed by atoms with Crippen molar-refractivity contribution < 1.29 is 23.1 Å². The average Bonchev–Trinajstić information content (AvgIpc) is 3.20. The summed E-state index contributed by atoms with van der Waals surface area (Å²) >= 11 is 0. The van der Waals surface area contributed by atoms with E-state index in [-0.39, 0.29) is 24.7 Å². The number of hydrogen-bond donors (Lipinski definition) is 1. The van der Waals surface area contributed by atoms with Crippen molar-refractivity contribution in [2.24, 2.45) is 0 Å². The molecule has 1 N–H and O–H groups in total. The van der Waals surface area contributed by atoms with Crippen molar-refractivity contribution in [2.45, 2.75) is 6.54 Å². The normalized spacial score (nSPS) is 10.3. The minimum absolute atomic E-state index is 0.0254. The summed E-state index contributed by atoms with van der Waals surface area (Å²) in [6.07, 6.45) is 1.48. The maximum atomic E-state index is 13.7. The van der Waals surface area contributed by atoms with E-state index in [0.717, 1.165) is 0 Å². The van der Waals surface area contributed by atoms with E-state index >= 15 is 0 Å². The summed E-state index contributed by atoms with van der Waals surface area (Å²) in [5.41, 5.74) is 0.625. The summed E-state index contributed by atoms with van der Waals surface area (Å²) in [5.74, 6) is -0.899. The molecule has 0 radical (unpaired) electrons. The lowest BCUT2D eigenvalue weighted by molar-refractivity contribution is -0.137.